The van der Waals surface area contributed by atoms with Crippen molar-refractivity contribution in [3.05, 3.63) is 92.8 Å². The maximum absolute atomic E-state index is 13.5. The van der Waals surface area contributed by atoms with Crippen LogP contribution in [0.4, 0.5) is 18.9 Å². The summed E-state index contributed by atoms with van der Waals surface area (Å²) in [6.07, 6.45) is -4.18. The van der Waals surface area contributed by atoms with Crippen LogP contribution in [-0.4, -0.2) is 22.8 Å². The van der Waals surface area contributed by atoms with Crippen LogP contribution < -0.4 is 10.6 Å². The molecule has 1 atom stereocenters. The Morgan fingerprint density at radius 3 is 2.26 bits per heavy atom. The van der Waals surface area contributed by atoms with E-state index in [9.17, 15) is 22.8 Å². The molecule has 0 radical (unpaired) electrons. The van der Waals surface area contributed by atoms with Gasteiger partial charge in [-0.1, -0.05) is 35.9 Å². The monoisotopic (exact) mass is 503 g/mol. The van der Waals surface area contributed by atoms with Crippen molar-refractivity contribution in [3.8, 4) is 0 Å². The Hall–Kier alpha value is -3.39. The number of halogens is 4. The van der Waals surface area contributed by atoms with Crippen LogP contribution in [0.2, 0.25) is 5.02 Å². The minimum atomic E-state index is -4.68. The summed E-state index contributed by atoms with van der Waals surface area (Å²) in [7, 11) is 0. The Labute approximate surface area is 206 Å². The van der Waals surface area contributed by atoms with Gasteiger partial charge in [0.1, 0.15) is 0 Å². The third-order valence-electron chi connectivity index (χ3n) is 5.44. The number of nitrogens with zero attached hydrogens (tertiary/aromatic N) is 1. The number of hydrogen-bond acceptors (Lipinski definition) is 3. The van der Waals surface area contributed by atoms with Crippen molar-refractivity contribution < 1.29 is 22.8 Å². The van der Waals surface area contributed by atoms with E-state index in [1.54, 1.807) is 36.4 Å². The molecule has 9 heteroatoms. The van der Waals surface area contributed by atoms with Crippen molar-refractivity contribution in [2.24, 2.45) is 0 Å². The molecule has 3 rings (SSSR count). The van der Waals surface area contributed by atoms with E-state index in [4.69, 9.17) is 11.6 Å². The summed E-state index contributed by atoms with van der Waals surface area (Å²) in [6.45, 7) is 6.48. The first-order valence-electron chi connectivity index (χ1n) is 10.9. The van der Waals surface area contributed by atoms with Crippen molar-refractivity contribution in [2.75, 3.05) is 5.32 Å². The van der Waals surface area contributed by atoms with Crippen LogP contribution in [-0.2, 0) is 12.6 Å². The molecule has 2 amide bonds. The van der Waals surface area contributed by atoms with Crippen LogP contribution in [0, 0.1) is 20.8 Å². The van der Waals surface area contributed by atoms with Gasteiger partial charge in [-0.05, 0) is 69.5 Å². The van der Waals surface area contributed by atoms with Crippen LogP contribution in [0.15, 0.2) is 48.5 Å². The van der Waals surface area contributed by atoms with Gasteiger partial charge in [0, 0.05) is 17.4 Å². The first kappa shape index (κ1) is 26.2. The molecule has 2 N–H and O–H groups in total. The molecular weight excluding hydrogens is 479 g/mol. The van der Waals surface area contributed by atoms with Gasteiger partial charge in [-0.3, -0.25) is 14.6 Å². The lowest BCUT2D eigenvalue weighted by atomic mass is 10.0. The zero-order valence-electron chi connectivity index (χ0n) is 19.7. The number of benzene rings is 2. The fourth-order valence-corrected chi connectivity index (χ4v) is 4.18. The Morgan fingerprint density at radius 2 is 1.66 bits per heavy atom. The van der Waals surface area contributed by atoms with Crippen LogP contribution in [0.3, 0.4) is 0 Å². The van der Waals surface area contributed by atoms with E-state index in [0.29, 0.717) is 22.7 Å². The number of aryl methyl sites for hydroxylation is 3. The summed E-state index contributed by atoms with van der Waals surface area (Å²) in [5.41, 5.74) is 1.08. The van der Waals surface area contributed by atoms with E-state index < -0.39 is 23.2 Å². The highest BCUT2D eigenvalue weighted by Crippen LogP contribution is 2.34. The molecule has 0 aliphatic carbocycles. The zero-order chi connectivity index (χ0) is 25.9. The number of amides is 2. The van der Waals surface area contributed by atoms with Crippen LogP contribution in [0.5, 0.6) is 0 Å². The first-order chi connectivity index (χ1) is 16.4. The zero-order valence-corrected chi connectivity index (χ0v) is 20.4. The molecule has 35 heavy (non-hydrogen) atoms. The lowest BCUT2D eigenvalue weighted by Crippen LogP contribution is -2.34. The van der Waals surface area contributed by atoms with Crippen molar-refractivity contribution in [1.29, 1.82) is 0 Å². The molecule has 0 aliphatic rings. The summed E-state index contributed by atoms with van der Waals surface area (Å²) < 4.78 is 40.4. The molecule has 1 unspecified atom stereocenters. The topological polar surface area (TPSA) is 71.1 Å². The molecule has 5 nitrogen and oxygen atoms in total. The van der Waals surface area contributed by atoms with Gasteiger partial charge in [0.15, 0.2) is 0 Å². The smallest absolute Gasteiger partial charge is 0.349 e. The fraction of sp³-hybridized carbons (Fsp3) is 0.269. The SMILES string of the molecule is Cc1cc(C(F)(F)F)c(C(=O)Nc2ccc(CC(C)NC(=O)c3c(C)cccc3Cl)cc2)c(C)n1. The third-order valence-corrected chi connectivity index (χ3v) is 5.76. The molecule has 184 valence electrons. The molecule has 1 heterocycles. The number of anilines is 1. The summed E-state index contributed by atoms with van der Waals surface area (Å²) in [6, 6.07) is 12.6. The van der Waals surface area contributed by atoms with Gasteiger partial charge in [-0.25, -0.2) is 0 Å². The van der Waals surface area contributed by atoms with Crippen molar-refractivity contribution >= 4 is 29.1 Å². The quantitative estimate of drug-likeness (QED) is 0.415. The number of nitrogens with one attached hydrogen (secondary N) is 2. The minimum absolute atomic E-state index is 0.00441. The molecule has 2 aromatic carbocycles. The maximum Gasteiger partial charge on any atom is 0.417 e. The second-order valence-corrected chi connectivity index (χ2v) is 8.84. The molecule has 0 bridgehead atoms. The second kappa shape index (κ2) is 10.5. The number of aromatic nitrogens is 1. The van der Waals surface area contributed by atoms with Gasteiger partial charge in [0.25, 0.3) is 11.8 Å². The molecule has 1 aromatic heterocycles. The van der Waals surface area contributed by atoms with Gasteiger partial charge >= 0.3 is 6.18 Å². The predicted molar refractivity (Wildman–Crippen MR) is 130 cm³/mol. The number of pyridine rings is 1. The number of rotatable bonds is 6. The van der Waals surface area contributed by atoms with Crippen LogP contribution in [0.25, 0.3) is 0 Å². The molecule has 0 fully saturated rings. The Balaban J connectivity index is 1.68. The summed E-state index contributed by atoms with van der Waals surface area (Å²) in [5, 5.41) is 5.81. The molecule has 3 aromatic rings. The van der Waals surface area contributed by atoms with Gasteiger partial charge in [0.2, 0.25) is 0 Å². The predicted octanol–water partition coefficient (Wildman–Crippen LogP) is 6.29. The number of carbonyl (C=O) groups is 2. The third kappa shape index (κ3) is 6.39. The van der Waals surface area contributed by atoms with E-state index in [1.807, 2.05) is 19.9 Å². The van der Waals surface area contributed by atoms with E-state index in [1.165, 1.54) is 13.8 Å². The highest BCUT2D eigenvalue weighted by atomic mass is 35.5. The highest BCUT2D eigenvalue weighted by Gasteiger charge is 2.37. The second-order valence-electron chi connectivity index (χ2n) is 8.43. The average molecular weight is 504 g/mol. The Kier molecular flexibility index (Phi) is 7.85. The Bertz CT molecular complexity index is 1240. The summed E-state index contributed by atoms with van der Waals surface area (Å²) in [5.74, 6) is -1.15. The van der Waals surface area contributed by atoms with Crippen molar-refractivity contribution in [3.63, 3.8) is 0 Å². The van der Waals surface area contributed by atoms with Gasteiger partial charge in [-0.2, -0.15) is 13.2 Å². The summed E-state index contributed by atoms with van der Waals surface area (Å²) in [4.78, 5) is 29.3. The largest absolute Gasteiger partial charge is 0.417 e. The molecule has 0 aliphatic heterocycles. The first-order valence-corrected chi connectivity index (χ1v) is 11.3. The Morgan fingerprint density at radius 1 is 1.00 bits per heavy atom. The molecule has 0 saturated carbocycles. The molecule has 0 spiro atoms. The van der Waals surface area contributed by atoms with E-state index in [2.05, 4.69) is 15.6 Å². The van der Waals surface area contributed by atoms with Gasteiger partial charge in [-0.15, -0.1) is 0 Å². The van der Waals surface area contributed by atoms with E-state index in [0.717, 1.165) is 17.2 Å². The standard InChI is InChI=1S/C26H25ClF3N3O2/c1-14-6-5-7-21(27)22(14)24(34)32-15(2)12-18-8-10-19(11-9-18)33-25(35)23-17(4)31-16(3)13-20(23)26(28,29)30/h5-11,13,15H,12H2,1-4H3,(H,32,34)(H,33,35). The minimum Gasteiger partial charge on any atom is -0.349 e. The van der Waals surface area contributed by atoms with Crippen molar-refractivity contribution in [1.82, 2.24) is 10.3 Å². The maximum atomic E-state index is 13.5. The van der Waals surface area contributed by atoms with E-state index >= 15 is 0 Å². The van der Waals surface area contributed by atoms with Crippen LogP contribution >= 0.6 is 11.6 Å². The number of hydrogen-bond donors (Lipinski definition) is 2. The molecule has 0 saturated heterocycles. The fourth-order valence-electron chi connectivity index (χ4n) is 3.88. The van der Waals surface area contributed by atoms with Gasteiger partial charge in [0.05, 0.1) is 27.4 Å². The lowest BCUT2D eigenvalue weighted by molar-refractivity contribution is -0.138. The van der Waals surface area contributed by atoms with Crippen LogP contribution in [0.1, 0.15) is 55.7 Å². The molecular formula is C26H25ClF3N3O2. The lowest BCUT2D eigenvalue weighted by Gasteiger charge is -2.17. The van der Waals surface area contributed by atoms with Gasteiger partial charge < -0.3 is 10.6 Å². The normalized spacial score (nSPS) is 12.2. The summed E-state index contributed by atoms with van der Waals surface area (Å²) >= 11 is 6.16. The number of alkyl halides is 3. The van der Waals surface area contributed by atoms with Crippen molar-refractivity contribution in [2.45, 2.75) is 46.3 Å². The average Bonchev–Trinajstić information content (AvgIpc) is 2.73. The highest BCUT2D eigenvalue weighted by molar-refractivity contribution is 6.34. The van der Waals surface area contributed by atoms with E-state index in [-0.39, 0.29) is 23.3 Å². The number of carbonyl (C=O) groups excluding carboxylic acids is 2.